The second kappa shape index (κ2) is 7.73. The highest BCUT2D eigenvalue weighted by Gasteiger charge is 2.27. The number of piperidine rings is 1. The molecule has 2 saturated heterocycles. The number of nitrogens with zero attached hydrogens (tertiary/aromatic N) is 2. The summed E-state index contributed by atoms with van der Waals surface area (Å²) in [6.07, 6.45) is 5.64. The summed E-state index contributed by atoms with van der Waals surface area (Å²) in [5.41, 5.74) is 0. The van der Waals surface area contributed by atoms with Gasteiger partial charge in [0.05, 0.1) is 0 Å². The summed E-state index contributed by atoms with van der Waals surface area (Å²) in [5.74, 6) is 0. The van der Waals surface area contributed by atoms with Crippen LogP contribution in [0.3, 0.4) is 0 Å². The Labute approximate surface area is 133 Å². The van der Waals surface area contributed by atoms with E-state index >= 15 is 0 Å². The molecule has 3 rings (SSSR count). The Morgan fingerprint density at radius 3 is 2.90 bits per heavy atom. The van der Waals surface area contributed by atoms with Crippen molar-refractivity contribution in [2.75, 3.05) is 39.3 Å². The number of likely N-dealkylation sites (tertiary alicyclic amines) is 2. The first-order valence-electron chi connectivity index (χ1n) is 8.56. The van der Waals surface area contributed by atoms with Gasteiger partial charge in [-0.2, -0.15) is 0 Å². The summed E-state index contributed by atoms with van der Waals surface area (Å²) >= 11 is 1.85. The average molecular weight is 308 g/mol. The number of hydrogen-bond donors (Lipinski definition) is 1. The Morgan fingerprint density at radius 2 is 2.14 bits per heavy atom. The second-order valence-corrected chi connectivity index (χ2v) is 7.51. The molecule has 1 aromatic heterocycles. The molecule has 0 aromatic carbocycles. The third-order valence-electron chi connectivity index (χ3n) is 5.00. The van der Waals surface area contributed by atoms with Gasteiger partial charge in [-0.3, -0.25) is 4.90 Å². The van der Waals surface area contributed by atoms with E-state index in [9.17, 15) is 0 Å². The fraction of sp³-hybridized carbons (Fsp3) is 0.765. The smallest absolute Gasteiger partial charge is 0.0386 e. The third kappa shape index (κ3) is 4.28. The largest absolute Gasteiger partial charge is 0.308 e. The molecule has 2 aliphatic heterocycles. The standard InChI is InChI=1S/C17H29N3S/c1-15(17-6-5-13-21-17)18-8-12-19-11-7-16(14-19)20-9-3-2-4-10-20/h5-6,13,15-16,18H,2-4,7-12,14H2,1H3. The summed E-state index contributed by atoms with van der Waals surface area (Å²) in [6, 6.07) is 5.69. The molecule has 4 heteroatoms. The van der Waals surface area contributed by atoms with Crippen molar-refractivity contribution in [1.29, 1.82) is 0 Å². The predicted molar refractivity (Wildman–Crippen MR) is 91.0 cm³/mol. The number of rotatable bonds is 6. The molecule has 1 aromatic rings. The summed E-state index contributed by atoms with van der Waals surface area (Å²) < 4.78 is 0. The van der Waals surface area contributed by atoms with Crippen molar-refractivity contribution in [2.24, 2.45) is 0 Å². The molecule has 2 aliphatic rings. The van der Waals surface area contributed by atoms with Crippen LogP contribution in [-0.2, 0) is 0 Å². The fourth-order valence-electron chi connectivity index (χ4n) is 3.67. The summed E-state index contributed by atoms with van der Waals surface area (Å²) in [7, 11) is 0. The number of nitrogens with one attached hydrogen (secondary N) is 1. The van der Waals surface area contributed by atoms with Gasteiger partial charge in [-0.05, 0) is 57.3 Å². The molecule has 0 spiro atoms. The lowest BCUT2D eigenvalue weighted by atomic mass is 10.1. The third-order valence-corrected chi connectivity index (χ3v) is 6.06. The monoisotopic (exact) mass is 307 g/mol. The molecule has 2 atom stereocenters. The van der Waals surface area contributed by atoms with Gasteiger partial charge in [-0.15, -0.1) is 11.3 Å². The van der Waals surface area contributed by atoms with Crippen LogP contribution in [-0.4, -0.2) is 55.1 Å². The van der Waals surface area contributed by atoms with Gasteiger partial charge in [0.2, 0.25) is 0 Å². The molecule has 0 saturated carbocycles. The first kappa shape index (κ1) is 15.5. The number of hydrogen-bond acceptors (Lipinski definition) is 4. The molecule has 3 heterocycles. The van der Waals surface area contributed by atoms with Crippen molar-refractivity contribution in [2.45, 2.75) is 44.7 Å². The molecule has 3 nitrogen and oxygen atoms in total. The summed E-state index contributed by atoms with van der Waals surface area (Å²) in [6.45, 7) is 9.82. The molecule has 21 heavy (non-hydrogen) atoms. The zero-order valence-electron chi connectivity index (χ0n) is 13.3. The van der Waals surface area contributed by atoms with Crippen LogP contribution in [0, 0.1) is 0 Å². The minimum absolute atomic E-state index is 0.491. The highest BCUT2D eigenvalue weighted by atomic mass is 32.1. The van der Waals surface area contributed by atoms with Crippen molar-refractivity contribution in [3.05, 3.63) is 22.4 Å². The zero-order chi connectivity index (χ0) is 14.5. The van der Waals surface area contributed by atoms with Gasteiger partial charge in [0.1, 0.15) is 0 Å². The van der Waals surface area contributed by atoms with Crippen molar-refractivity contribution < 1.29 is 0 Å². The van der Waals surface area contributed by atoms with Gasteiger partial charge in [-0.25, -0.2) is 0 Å². The van der Waals surface area contributed by atoms with E-state index in [2.05, 4.69) is 39.6 Å². The molecule has 0 aliphatic carbocycles. The van der Waals surface area contributed by atoms with E-state index in [1.165, 1.54) is 63.3 Å². The molecule has 2 unspecified atom stereocenters. The maximum absolute atomic E-state index is 3.66. The molecular formula is C17H29N3S. The van der Waals surface area contributed by atoms with Crippen LogP contribution < -0.4 is 5.32 Å². The van der Waals surface area contributed by atoms with Crippen LogP contribution in [0.4, 0.5) is 0 Å². The average Bonchev–Trinajstić information content (AvgIpc) is 3.20. The maximum atomic E-state index is 3.66. The van der Waals surface area contributed by atoms with Gasteiger partial charge in [0.25, 0.3) is 0 Å². The molecule has 0 bridgehead atoms. The first-order valence-corrected chi connectivity index (χ1v) is 9.44. The van der Waals surface area contributed by atoms with Crippen molar-refractivity contribution in [3.63, 3.8) is 0 Å². The van der Waals surface area contributed by atoms with E-state index in [0.717, 1.165) is 12.6 Å². The lowest BCUT2D eigenvalue weighted by Crippen LogP contribution is -2.41. The molecular weight excluding hydrogens is 278 g/mol. The van der Waals surface area contributed by atoms with Gasteiger partial charge in [0, 0.05) is 36.6 Å². The van der Waals surface area contributed by atoms with Crippen LogP contribution in [0.5, 0.6) is 0 Å². The Balaban J connectivity index is 1.35. The maximum Gasteiger partial charge on any atom is 0.0386 e. The van der Waals surface area contributed by atoms with Crippen LogP contribution >= 0.6 is 11.3 Å². The van der Waals surface area contributed by atoms with E-state index in [1.54, 1.807) is 0 Å². The Morgan fingerprint density at radius 1 is 1.29 bits per heavy atom. The highest BCUT2D eigenvalue weighted by molar-refractivity contribution is 7.10. The first-order chi connectivity index (χ1) is 10.3. The normalized spacial score (nSPS) is 26.2. The quantitative estimate of drug-likeness (QED) is 0.872. The Kier molecular flexibility index (Phi) is 5.69. The molecule has 118 valence electrons. The molecule has 1 N–H and O–H groups in total. The van der Waals surface area contributed by atoms with E-state index in [4.69, 9.17) is 0 Å². The minimum atomic E-state index is 0.491. The summed E-state index contributed by atoms with van der Waals surface area (Å²) in [4.78, 5) is 6.83. The van der Waals surface area contributed by atoms with E-state index in [-0.39, 0.29) is 0 Å². The molecule has 0 amide bonds. The lowest BCUT2D eigenvalue weighted by Gasteiger charge is -2.32. The van der Waals surface area contributed by atoms with Gasteiger partial charge < -0.3 is 10.2 Å². The molecule has 2 fully saturated rings. The van der Waals surface area contributed by atoms with Gasteiger partial charge in [0.15, 0.2) is 0 Å². The zero-order valence-corrected chi connectivity index (χ0v) is 14.1. The van der Waals surface area contributed by atoms with Crippen LogP contribution in [0.1, 0.15) is 43.5 Å². The highest BCUT2D eigenvalue weighted by Crippen LogP contribution is 2.20. The minimum Gasteiger partial charge on any atom is -0.308 e. The van der Waals surface area contributed by atoms with Gasteiger partial charge >= 0.3 is 0 Å². The van der Waals surface area contributed by atoms with Crippen LogP contribution in [0.2, 0.25) is 0 Å². The summed E-state index contributed by atoms with van der Waals surface area (Å²) in [5, 5.41) is 5.83. The van der Waals surface area contributed by atoms with E-state index < -0.39 is 0 Å². The van der Waals surface area contributed by atoms with Crippen molar-refractivity contribution >= 4 is 11.3 Å². The number of thiophene rings is 1. The van der Waals surface area contributed by atoms with E-state index in [1.807, 2.05) is 11.3 Å². The Hall–Kier alpha value is -0.420. The topological polar surface area (TPSA) is 18.5 Å². The van der Waals surface area contributed by atoms with E-state index in [0.29, 0.717) is 6.04 Å². The van der Waals surface area contributed by atoms with Gasteiger partial charge in [-0.1, -0.05) is 12.5 Å². The fourth-order valence-corrected chi connectivity index (χ4v) is 4.43. The second-order valence-electron chi connectivity index (χ2n) is 6.53. The predicted octanol–water partition coefficient (Wildman–Crippen LogP) is 2.96. The van der Waals surface area contributed by atoms with Crippen molar-refractivity contribution in [3.8, 4) is 0 Å². The van der Waals surface area contributed by atoms with Crippen LogP contribution in [0.15, 0.2) is 17.5 Å². The SMILES string of the molecule is CC(NCCN1CCC(N2CCCCC2)C1)c1cccs1. The lowest BCUT2D eigenvalue weighted by molar-refractivity contribution is 0.162. The van der Waals surface area contributed by atoms with Crippen molar-refractivity contribution in [1.82, 2.24) is 15.1 Å². The Bertz CT molecular complexity index is 400. The molecule has 0 radical (unpaired) electrons. The van der Waals surface area contributed by atoms with Crippen LogP contribution in [0.25, 0.3) is 0 Å².